The number of nitrogens with zero attached hydrogens (tertiary/aromatic N) is 1. The van der Waals surface area contributed by atoms with Gasteiger partial charge in [0.05, 0.1) is 19.3 Å². The molecule has 1 atom stereocenters. The summed E-state index contributed by atoms with van der Waals surface area (Å²) in [6.45, 7) is 11.0. The summed E-state index contributed by atoms with van der Waals surface area (Å²) in [5, 5.41) is 12.7. The van der Waals surface area contributed by atoms with E-state index in [2.05, 4.69) is 49.2 Å². The van der Waals surface area contributed by atoms with Crippen LogP contribution in [0.3, 0.4) is 0 Å². The molecule has 1 heterocycles. The van der Waals surface area contributed by atoms with Crippen LogP contribution in [0.25, 0.3) is 0 Å². The molecule has 0 aromatic heterocycles. The van der Waals surface area contributed by atoms with E-state index in [0.717, 1.165) is 26.2 Å². The van der Waals surface area contributed by atoms with Crippen molar-refractivity contribution >= 4 is 5.69 Å². The zero-order valence-corrected chi connectivity index (χ0v) is 13.4. The Morgan fingerprint density at radius 3 is 2.90 bits per heavy atom. The molecule has 1 aliphatic heterocycles. The van der Waals surface area contributed by atoms with Crippen molar-refractivity contribution in [2.75, 3.05) is 37.7 Å². The van der Waals surface area contributed by atoms with E-state index in [0.29, 0.717) is 12.5 Å². The van der Waals surface area contributed by atoms with Crippen molar-refractivity contribution in [3.8, 4) is 0 Å². The summed E-state index contributed by atoms with van der Waals surface area (Å²) in [4.78, 5) is 2.31. The Balaban J connectivity index is 1.98. The van der Waals surface area contributed by atoms with E-state index in [9.17, 15) is 5.11 Å². The second-order valence-corrected chi connectivity index (χ2v) is 6.27. The SMILES string of the molecule is Cc1cc(CNCC(C)C)ccc1N1CCOC(CO)C1. The molecule has 0 radical (unpaired) electrons. The Morgan fingerprint density at radius 2 is 2.24 bits per heavy atom. The van der Waals surface area contributed by atoms with E-state index in [1.807, 2.05) is 0 Å². The fourth-order valence-corrected chi connectivity index (χ4v) is 2.74. The van der Waals surface area contributed by atoms with Crippen LogP contribution in [0.1, 0.15) is 25.0 Å². The second-order valence-electron chi connectivity index (χ2n) is 6.27. The summed E-state index contributed by atoms with van der Waals surface area (Å²) in [6, 6.07) is 6.65. The van der Waals surface area contributed by atoms with Gasteiger partial charge in [-0.05, 0) is 36.6 Å². The molecule has 4 nitrogen and oxygen atoms in total. The number of hydrogen-bond acceptors (Lipinski definition) is 4. The summed E-state index contributed by atoms with van der Waals surface area (Å²) in [5.74, 6) is 0.675. The lowest BCUT2D eigenvalue weighted by molar-refractivity contribution is 0.00354. The zero-order chi connectivity index (χ0) is 15.2. The molecule has 118 valence electrons. The average Bonchev–Trinajstić information content (AvgIpc) is 2.47. The van der Waals surface area contributed by atoms with Crippen molar-refractivity contribution < 1.29 is 9.84 Å². The summed E-state index contributed by atoms with van der Waals surface area (Å²) in [6.07, 6.45) is -0.0643. The highest BCUT2D eigenvalue weighted by Gasteiger charge is 2.20. The first-order valence-corrected chi connectivity index (χ1v) is 7.87. The average molecular weight is 292 g/mol. The monoisotopic (exact) mass is 292 g/mol. The van der Waals surface area contributed by atoms with E-state index in [-0.39, 0.29) is 12.7 Å². The van der Waals surface area contributed by atoms with Crippen molar-refractivity contribution in [1.29, 1.82) is 0 Å². The maximum absolute atomic E-state index is 9.25. The van der Waals surface area contributed by atoms with Crippen LogP contribution in [-0.2, 0) is 11.3 Å². The van der Waals surface area contributed by atoms with Gasteiger partial charge in [0.25, 0.3) is 0 Å². The van der Waals surface area contributed by atoms with E-state index < -0.39 is 0 Å². The predicted molar refractivity (Wildman–Crippen MR) is 86.8 cm³/mol. The van der Waals surface area contributed by atoms with Crippen LogP contribution in [0.4, 0.5) is 5.69 Å². The number of rotatable bonds is 6. The number of morpholine rings is 1. The van der Waals surface area contributed by atoms with E-state index in [4.69, 9.17) is 4.74 Å². The largest absolute Gasteiger partial charge is 0.394 e. The maximum atomic E-state index is 9.25. The Hall–Kier alpha value is -1.10. The maximum Gasteiger partial charge on any atom is 0.0980 e. The first kappa shape index (κ1) is 16.3. The fourth-order valence-electron chi connectivity index (χ4n) is 2.74. The molecule has 1 fully saturated rings. The third-order valence-corrected chi connectivity index (χ3v) is 3.83. The molecule has 1 saturated heterocycles. The minimum absolute atomic E-state index is 0.0643. The van der Waals surface area contributed by atoms with Crippen molar-refractivity contribution in [3.05, 3.63) is 29.3 Å². The molecule has 0 aliphatic carbocycles. The lowest BCUT2D eigenvalue weighted by Crippen LogP contribution is -2.44. The van der Waals surface area contributed by atoms with Gasteiger partial charge in [-0.1, -0.05) is 26.0 Å². The minimum atomic E-state index is -0.0643. The van der Waals surface area contributed by atoms with Gasteiger partial charge in [-0.25, -0.2) is 0 Å². The van der Waals surface area contributed by atoms with E-state index in [1.165, 1.54) is 16.8 Å². The lowest BCUT2D eigenvalue weighted by atomic mass is 10.1. The number of benzene rings is 1. The molecule has 4 heteroatoms. The number of anilines is 1. The minimum Gasteiger partial charge on any atom is -0.394 e. The van der Waals surface area contributed by atoms with Crippen molar-refractivity contribution in [1.82, 2.24) is 5.32 Å². The van der Waals surface area contributed by atoms with E-state index >= 15 is 0 Å². The molecule has 2 N–H and O–H groups in total. The van der Waals surface area contributed by atoms with Gasteiger partial charge in [0.1, 0.15) is 0 Å². The quantitative estimate of drug-likeness (QED) is 0.841. The van der Waals surface area contributed by atoms with Gasteiger partial charge in [0.2, 0.25) is 0 Å². The molecule has 0 spiro atoms. The number of aliphatic hydroxyl groups is 1. The van der Waals surface area contributed by atoms with Crippen LogP contribution in [0.5, 0.6) is 0 Å². The van der Waals surface area contributed by atoms with Crippen molar-refractivity contribution in [2.45, 2.75) is 33.4 Å². The molecule has 0 bridgehead atoms. The molecule has 2 rings (SSSR count). The van der Waals surface area contributed by atoms with Gasteiger partial charge in [0, 0.05) is 25.3 Å². The van der Waals surface area contributed by atoms with Crippen LogP contribution in [0.2, 0.25) is 0 Å². The molecule has 0 saturated carbocycles. The van der Waals surface area contributed by atoms with Crippen LogP contribution in [0.15, 0.2) is 18.2 Å². The van der Waals surface area contributed by atoms with Crippen molar-refractivity contribution in [2.24, 2.45) is 5.92 Å². The number of aryl methyl sites for hydroxylation is 1. The summed E-state index contributed by atoms with van der Waals surface area (Å²) in [7, 11) is 0. The zero-order valence-electron chi connectivity index (χ0n) is 13.4. The number of hydrogen-bond donors (Lipinski definition) is 2. The van der Waals surface area contributed by atoms with Crippen LogP contribution < -0.4 is 10.2 Å². The van der Waals surface area contributed by atoms with Gasteiger partial charge in [-0.2, -0.15) is 0 Å². The summed E-state index contributed by atoms with van der Waals surface area (Å²) in [5.41, 5.74) is 3.87. The summed E-state index contributed by atoms with van der Waals surface area (Å²) >= 11 is 0. The Kier molecular flexibility index (Phi) is 6.03. The third kappa shape index (κ3) is 4.70. The summed E-state index contributed by atoms with van der Waals surface area (Å²) < 4.78 is 5.52. The van der Waals surface area contributed by atoms with Crippen molar-refractivity contribution in [3.63, 3.8) is 0 Å². The molecular formula is C17H28N2O2. The second kappa shape index (κ2) is 7.78. The molecule has 1 aromatic rings. The highest BCUT2D eigenvalue weighted by atomic mass is 16.5. The molecular weight excluding hydrogens is 264 g/mol. The van der Waals surface area contributed by atoms with Gasteiger partial charge in [0.15, 0.2) is 0 Å². The van der Waals surface area contributed by atoms with Gasteiger partial charge >= 0.3 is 0 Å². The highest BCUT2D eigenvalue weighted by Crippen LogP contribution is 2.23. The smallest absolute Gasteiger partial charge is 0.0980 e. The van der Waals surface area contributed by atoms with Gasteiger partial charge in [-0.15, -0.1) is 0 Å². The lowest BCUT2D eigenvalue weighted by Gasteiger charge is -2.34. The predicted octanol–water partition coefficient (Wildman–Crippen LogP) is 1.94. The molecule has 1 aliphatic rings. The number of aliphatic hydroxyl groups excluding tert-OH is 1. The third-order valence-electron chi connectivity index (χ3n) is 3.83. The molecule has 21 heavy (non-hydrogen) atoms. The van der Waals surface area contributed by atoms with Crippen LogP contribution >= 0.6 is 0 Å². The standard InChI is InChI=1S/C17H28N2O2/c1-13(2)9-18-10-15-4-5-17(14(3)8-15)19-6-7-21-16(11-19)12-20/h4-5,8,13,16,18,20H,6-7,9-12H2,1-3H3. The van der Waals surface area contributed by atoms with Gasteiger partial charge < -0.3 is 20.1 Å². The van der Waals surface area contributed by atoms with Gasteiger partial charge in [-0.3, -0.25) is 0 Å². The Morgan fingerprint density at radius 1 is 1.43 bits per heavy atom. The number of ether oxygens (including phenoxy) is 1. The first-order chi connectivity index (χ1) is 10.1. The Bertz CT molecular complexity index is 448. The number of nitrogens with one attached hydrogen (secondary N) is 1. The normalized spacial score (nSPS) is 19.3. The molecule has 1 aromatic carbocycles. The van der Waals surface area contributed by atoms with E-state index in [1.54, 1.807) is 0 Å². The topological polar surface area (TPSA) is 44.7 Å². The Labute approximate surface area is 128 Å². The first-order valence-electron chi connectivity index (χ1n) is 7.87. The van der Waals surface area contributed by atoms with Crippen LogP contribution in [0, 0.1) is 12.8 Å². The molecule has 1 unspecified atom stereocenters. The molecule has 0 amide bonds. The highest BCUT2D eigenvalue weighted by molar-refractivity contribution is 5.54. The fraction of sp³-hybridized carbons (Fsp3) is 0.647. The van der Waals surface area contributed by atoms with Crippen LogP contribution in [-0.4, -0.2) is 44.1 Å².